The summed E-state index contributed by atoms with van der Waals surface area (Å²) in [5.74, 6) is -0.793. The maximum Gasteiger partial charge on any atom is 0.433 e. The molecule has 0 saturated heterocycles. The first kappa shape index (κ1) is 13.4. The standard InChI is InChI=1S/C12H14F4N4/c1-3-19-4-5-20-7(6-19)9(13)8-10(12(14,15)16)18(2)17-11(8)20/h3-6H2,1-2H3. The van der Waals surface area contributed by atoms with E-state index in [4.69, 9.17) is 0 Å². The maximum absolute atomic E-state index is 14.4. The number of aromatic nitrogens is 3. The number of halogens is 4. The third-order valence-corrected chi connectivity index (χ3v) is 3.81. The molecular formula is C12H14F4N4. The molecule has 2 aromatic rings. The topological polar surface area (TPSA) is 26.0 Å². The molecule has 8 heteroatoms. The van der Waals surface area contributed by atoms with Crippen LogP contribution in [0.15, 0.2) is 0 Å². The lowest BCUT2D eigenvalue weighted by Crippen LogP contribution is -2.33. The van der Waals surface area contributed by atoms with Gasteiger partial charge in [-0.1, -0.05) is 6.92 Å². The summed E-state index contributed by atoms with van der Waals surface area (Å²) in [7, 11) is 1.19. The molecule has 110 valence electrons. The van der Waals surface area contributed by atoms with Crippen LogP contribution in [0.1, 0.15) is 18.3 Å². The van der Waals surface area contributed by atoms with Crippen molar-refractivity contribution in [3.8, 4) is 0 Å². The number of hydrogen-bond acceptors (Lipinski definition) is 2. The minimum Gasteiger partial charge on any atom is -0.323 e. The molecule has 20 heavy (non-hydrogen) atoms. The van der Waals surface area contributed by atoms with E-state index < -0.39 is 23.1 Å². The van der Waals surface area contributed by atoms with Gasteiger partial charge in [0.05, 0.1) is 11.1 Å². The Hall–Kier alpha value is -1.57. The summed E-state index contributed by atoms with van der Waals surface area (Å²) in [6, 6.07) is 0. The molecule has 0 spiro atoms. The molecule has 0 atom stereocenters. The predicted molar refractivity (Wildman–Crippen MR) is 64.6 cm³/mol. The summed E-state index contributed by atoms with van der Waals surface area (Å²) in [6.07, 6.45) is -4.62. The minimum atomic E-state index is -4.62. The largest absolute Gasteiger partial charge is 0.433 e. The summed E-state index contributed by atoms with van der Waals surface area (Å²) in [6.45, 7) is 4.14. The van der Waals surface area contributed by atoms with Gasteiger partial charge in [0, 0.05) is 26.7 Å². The Kier molecular flexibility index (Phi) is 2.82. The molecule has 0 aromatic carbocycles. The molecule has 4 nitrogen and oxygen atoms in total. The van der Waals surface area contributed by atoms with Crippen molar-refractivity contribution in [3.05, 3.63) is 17.2 Å². The Morgan fingerprint density at radius 2 is 1.95 bits per heavy atom. The second-order valence-corrected chi connectivity index (χ2v) is 4.95. The number of hydrogen-bond donors (Lipinski definition) is 0. The SMILES string of the molecule is CCN1CCn2c(c(F)c3c(C(F)(F)F)n(C)nc32)C1. The fourth-order valence-corrected chi connectivity index (χ4v) is 2.81. The summed E-state index contributed by atoms with van der Waals surface area (Å²) in [5, 5.41) is 3.46. The minimum absolute atomic E-state index is 0.0862. The summed E-state index contributed by atoms with van der Waals surface area (Å²) in [4.78, 5) is 1.99. The van der Waals surface area contributed by atoms with E-state index in [-0.39, 0.29) is 5.65 Å². The summed E-state index contributed by atoms with van der Waals surface area (Å²) in [5.41, 5.74) is -0.639. The number of aryl methyl sites for hydroxylation is 1. The van der Waals surface area contributed by atoms with Crippen molar-refractivity contribution >= 4 is 11.0 Å². The highest BCUT2D eigenvalue weighted by Crippen LogP contribution is 2.38. The molecular weight excluding hydrogens is 276 g/mol. The van der Waals surface area contributed by atoms with E-state index in [1.54, 1.807) is 4.57 Å². The normalized spacial score (nSPS) is 16.9. The van der Waals surface area contributed by atoms with Gasteiger partial charge in [0.25, 0.3) is 0 Å². The highest BCUT2D eigenvalue weighted by molar-refractivity contribution is 5.82. The van der Waals surface area contributed by atoms with Crippen LogP contribution in [0, 0.1) is 5.82 Å². The zero-order chi connectivity index (χ0) is 14.7. The number of alkyl halides is 3. The third kappa shape index (κ3) is 1.74. The first-order valence-corrected chi connectivity index (χ1v) is 6.37. The van der Waals surface area contributed by atoms with E-state index in [2.05, 4.69) is 5.10 Å². The Bertz CT molecular complexity index is 667. The molecule has 0 saturated carbocycles. The van der Waals surface area contributed by atoms with Gasteiger partial charge < -0.3 is 4.57 Å². The van der Waals surface area contributed by atoms with Crippen LogP contribution in [0.4, 0.5) is 17.6 Å². The van der Waals surface area contributed by atoms with Crippen molar-refractivity contribution in [1.29, 1.82) is 0 Å². The molecule has 0 bridgehead atoms. The van der Waals surface area contributed by atoms with Crippen molar-refractivity contribution < 1.29 is 17.6 Å². The molecule has 3 heterocycles. The molecule has 0 unspecified atom stereocenters. The van der Waals surface area contributed by atoms with Crippen molar-refractivity contribution in [2.24, 2.45) is 7.05 Å². The molecule has 1 aliphatic rings. The zero-order valence-electron chi connectivity index (χ0n) is 11.1. The Labute approximate surface area is 112 Å². The summed E-state index contributed by atoms with van der Waals surface area (Å²) >= 11 is 0. The zero-order valence-corrected chi connectivity index (χ0v) is 11.1. The lowest BCUT2D eigenvalue weighted by atomic mass is 10.2. The molecule has 1 aliphatic heterocycles. The Balaban J connectivity index is 2.26. The van der Waals surface area contributed by atoms with Crippen LogP contribution in [0.2, 0.25) is 0 Å². The molecule has 2 aromatic heterocycles. The number of nitrogens with zero attached hydrogens (tertiary/aromatic N) is 4. The first-order valence-electron chi connectivity index (χ1n) is 6.37. The molecule has 0 aliphatic carbocycles. The van der Waals surface area contributed by atoms with E-state index in [1.165, 1.54) is 7.05 Å². The second kappa shape index (κ2) is 4.21. The summed E-state index contributed by atoms with van der Waals surface area (Å²) < 4.78 is 55.9. The first-order chi connectivity index (χ1) is 9.34. The van der Waals surface area contributed by atoms with Gasteiger partial charge in [0.1, 0.15) is 0 Å². The van der Waals surface area contributed by atoms with E-state index in [0.29, 0.717) is 30.0 Å². The quantitative estimate of drug-likeness (QED) is 0.754. The van der Waals surface area contributed by atoms with E-state index in [9.17, 15) is 17.6 Å². The van der Waals surface area contributed by atoms with Gasteiger partial charge in [-0.25, -0.2) is 4.39 Å². The Morgan fingerprint density at radius 1 is 1.25 bits per heavy atom. The maximum atomic E-state index is 14.4. The van der Waals surface area contributed by atoms with Crippen LogP contribution in [-0.2, 0) is 26.3 Å². The van der Waals surface area contributed by atoms with Gasteiger partial charge in [0.2, 0.25) is 0 Å². The van der Waals surface area contributed by atoms with E-state index in [1.807, 2.05) is 11.8 Å². The van der Waals surface area contributed by atoms with Crippen LogP contribution in [0.25, 0.3) is 11.0 Å². The van der Waals surface area contributed by atoms with Gasteiger partial charge in [-0.05, 0) is 6.54 Å². The number of rotatable bonds is 1. The van der Waals surface area contributed by atoms with E-state index in [0.717, 1.165) is 6.54 Å². The lowest BCUT2D eigenvalue weighted by molar-refractivity contribution is -0.142. The van der Waals surface area contributed by atoms with Crippen LogP contribution in [0.3, 0.4) is 0 Å². The van der Waals surface area contributed by atoms with Gasteiger partial charge in [-0.2, -0.15) is 18.3 Å². The third-order valence-electron chi connectivity index (χ3n) is 3.81. The Morgan fingerprint density at radius 3 is 2.55 bits per heavy atom. The van der Waals surface area contributed by atoms with Crippen molar-refractivity contribution in [2.75, 3.05) is 13.1 Å². The monoisotopic (exact) mass is 290 g/mol. The highest BCUT2D eigenvalue weighted by atomic mass is 19.4. The molecule has 0 radical (unpaired) electrons. The van der Waals surface area contributed by atoms with Crippen molar-refractivity contribution in [1.82, 2.24) is 19.2 Å². The van der Waals surface area contributed by atoms with Crippen LogP contribution in [-0.4, -0.2) is 32.3 Å². The fourth-order valence-electron chi connectivity index (χ4n) is 2.81. The average molecular weight is 290 g/mol. The highest BCUT2D eigenvalue weighted by Gasteiger charge is 2.40. The number of fused-ring (bicyclic) bond motifs is 3. The van der Waals surface area contributed by atoms with Gasteiger partial charge in [-0.3, -0.25) is 9.58 Å². The predicted octanol–water partition coefficient (Wildman–Crippen LogP) is 2.37. The number of likely N-dealkylation sites (N-methyl/N-ethyl adjacent to an activating group) is 1. The lowest BCUT2D eigenvalue weighted by Gasteiger charge is -2.27. The second-order valence-electron chi connectivity index (χ2n) is 4.95. The van der Waals surface area contributed by atoms with E-state index >= 15 is 0 Å². The smallest absolute Gasteiger partial charge is 0.323 e. The fraction of sp³-hybridized carbons (Fsp3) is 0.583. The average Bonchev–Trinajstić information content (AvgIpc) is 2.84. The van der Waals surface area contributed by atoms with Gasteiger partial charge in [0.15, 0.2) is 17.2 Å². The van der Waals surface area contributed by atoms with Crippen LogP contribution in [0.5, 0.6) is 0 Å². The van der Waals surface area contributed by atoms with Crippen molar-refractivity contribution in [3.63, 3.8) is 0 Å². The van der Waals surface area contributed by atoms with Crippen molar-refractivity contribution in [2.45, 2.75) is 26.2 Å². The molecule has 3 rings (SSSR count). The molecule has 0 amide bonds. The molecule has 0 fully saturated rings. The van der Waals surface area contributed by atoms with Crippen LogP contribution >= 0.6 is 0 Å². The molecule has 0 N–H and O–H groups in total. The van der Waals surface area contributed by atoms with Gasteiger partial charge >= 0.3 is 6.18 Å². The van der Waals surface area contributed by atoms with Gasteiger partial charge in [-0.15, -0.1) is 0 Å². The van der Waals surface area contributed by atoms with Crippen LogP contribution < -0.4 is 0 Å².